The molecule has 8 heteroatoms. The van der Waals surface area contributed by atoms with Gasteiger partial charge in [-0.1, -0.05) is 28.9 Å². The Morgan fingerprint density at radius 3 is 2.59 bits per heavy atom. The van der Waals surface area contributed by atoms with Gasteiger partial charge in [0.2, 0.25) is 10.0 Å². The molecule has 0 heterocycles. The molecule has 0 unspecified atom stereocenters. The zero-order chi connectivity index (χ0) is 13.1. The minimum atomic E-state index is -3.49. The molecule has 0 aromatic heterocycles. The second kappa shape index (κ2) is 5.46. The van der Waals surface area contributed by atoms with Gasteiger partial charge in [-0.25, -0.2) is 8.42 Å². The van der Waals surface area contributed by atoms with E-state index in [4.69, 9.17) is 0 Å². The van der Waals surface area contributed by atoms with Crippen molar-refractivity contribution in [3.63, 3.8) is 0 Å². The van der Waals surface area contributed by atoms with E-state index in [-0.39, 0.29) is 16.0 Å². The molecule has 6 nitrogen and oxygen atoms in total. The number of halogens is 1. The summed E-state index contributed by atoms with van der Waals surface area (Å²) < 4.78 is 24.5. The number of nitro groups is 1. The Morgan fingerprint density at radius 2 is 2.12 bits per heavy atom. The van der Waals surface area contributed by atoms with Crippen LogP contribution in [-0.2, 0) is 16.4 Å². The number of aryl methyl sites for hydroxylation is 1. The van der Waals surface area contributed by atoms with Crippen molar-refractivity contribution in [1.29, 1.82) is 0 Å². The number of hydrogen-bond acceptors (Lipinski definition) is 4. The number of hydrogen-bond donors (Lipinski definition) is 1. The number of nitrogens with zero attached hydrogens (tertiary/aromatic N) is 1. The summed E-state index contributed by atoms with van der Waals surface area (Å²) in [6, 6.07) is 4.27. The standard InChI is InChI=1S/C9H11BrN2O4S/c1-2-7-3-4-8(5-9(7)12(13)14)11-17(15,16)6-10/h3-5,11H,2,6H2,1H3. The van der Waals surface area contributed by atoms with Gasteiger partial charge in [0.25, 0.3) is 5.69 Å². The minimum absolute atomic E-state index is 0.0812. The van der Waals surface area contributed by atoms with Gasteiger partial charge >= 0.3 is 0 Å². The maximum atomic E-state index is 11.3. The average Bonchev–Trinajstić information content (AvgIpc) is 2.28. The van der Waals surface area contributed by atoms with E-state index in [1.807, 2.05) is 0 Å². The minimum Gasteiger partial charge on any atom is -0.283 e. The molecule has 0 saturated heterocycles. The lowest BCUT2D eigenvalue weighted by Crippen LogP contribution is -2.13. The van der Waals surface area contributed by atoms with Gasteiger partial charge in [0.05, 0.1) is 10.6 Å². The quantitative estimate of drug-likeness (QED) is 0.511. The molecule has 0 amide bonds. The number of alkyl halides is 1. The van der Waals surface area contributed by atoms with E-state index in [1.54, 1.807) is 13.0 Å². The molecule has 0 fully saturated rings. The molecule has 0 aliphatic carbocycles. The zero-order valence-corrected chi connectivity index (χ0v) is 11.4. The first-order valence-electron chi connectivity index (χ1n) is 4.73. The monoisotopic (exact) mass is 322 g/mol. The molecule has 1 rings (SSSR count). The third-order valence-electron chi connectivity index (χ3n) is 2.08. The number of anilines is 1. The number of sulfonamides is 1. The summed E-state index contributed by atoms with van der Waals surface area (Å²) in [6.07, 6.45) is 0.516. The molecule has 1 aromatic rings. The summed E-state index contributed by atoms with van der Waals surface area (Å²) in [5.74, 6) is 0. The third-order valence-corrected chi connectivity index (χ3v) is 4.72. The summed E-state index contributed by atoms with van der Waals surface area (Å²) in [7, 11) is -3.49. The molecule has 17 heavy (non-hydrogen) atoms. The van der Waals surface area contributed by atoms with E-state index in [2.05, 4.69) is 20.7 Å². The molecule has 0 aliphatic rings. The Bertz CT molecular complexity index is 530. The Labute approximate surface area is 107 Å². The van der Waals surface area contributed by atoms with E-state index in [9.17, 15) is 18.5 Å². The van der Waals surface area contributed by atoms with Crippen molar-refractivity contribution in [1.82, 2.24) is 0 Å². The second-order valence-electron chi connectivity index (χ2n) is 3.28. The first-order valence-corrected chi connectivity index (χ1v) is 7.50. The van der Waals surface area contributed by atoms with E-state index in [1.165, 1.54) is 12.1 Å². The lowest BCUT2D eigenvalue weighted by molar-refractivity contribution is -0.385. The van der Waals surface area contributed by atoms with Gasteiger partial charge in [-0.15, -0.1) is 0 Å². The first kappa shape index (κ1) is 13.9. The van der Waals surface area contributed by atoms with Crippen LogP contribution < -0.4 is 4.72 Å². The van der Waals surface area contributed by atoms with Crippen molar-refractivity contribution in [3.05, 3.63) is 33.9 Å². The third kappa shape index (κ3) is 3.67. The Morgan fingerprint density at radius 1 is 1.47 bits per heavy atom. The predicted molar refractivity (Wildman–Crippen MR) is 68.8 cm³/mol. The SMILES string of the molecule is CCc1ccc(NS(=O)(=O)CBr)cc1[N+](=O)[O-]. The lowest BCUT2D eigenvalue weighted by Gasteiger charge is -2.06. The fourth-order valence-corrected chi connectivity index (χ4v) is 2.19. The van der Waals surface area contributed by atoms with Crippen LogP contribution in [0.5, 0.6) is 0 Å². The highest BCUT2D eigenvalue weighted by Gasteiger charge is 2.15. The molecular formula is C9H11BrN2O4S. The smallest absolute Gasteiger partial charge is 0.274 e. The van der Waals surface area contributed by atoms with Crippen LogP contribution in [-0.4, -0.2) is 18.0 Å². The maximum Gasteiger partial charge on any atom is 0.274 e. The Hall–Kier alpha value is -1.15. The average molecular weight is 323 g/mol. The van der Waals surface area contributed by atoms with E-state index in [0.29, 0.717) is 12.0 Å². The van der Waals surface area contributed by atoms with Crippen LogP contribution in [0.4, 0.5) is 11.4 Å². The molecule has 1 N–H and O–H groups in total. The van der Waals surface area contributed by atoms with E-state index in [0.717, 1.165) is 0 Å². The van der Waals surface area contributed by atoms with Gasteiger partial charge in [-0.05, 0) is 12.5 Å². The normalized spacial score (nSPS) is 11.2. The Kier molecular flexibility index (Phi) is 4.47. The topological polar surface area (TPSA) is 89.3 Å². The van der Waals surface area contributed by atoms with Crippen LogP contribution in [0, 0.1) is 10.1 Å². The lowest BCUT2D eigenvalue weighted by atomic mass is 10.1. The molecule has 94 valence electrons. The number of benzene rings is 1. The number of rotatable bonds is 5. The van der Waals surface area contributed by atoms with Crippen molar-refractivity contribution in [2.75, 3.05) is 9.38 Å². The molecule has 0 aliphatic heterocycles. The summed E-state index contributed by atoms with van der Waals surface area (Å²) in [6.45, 7) is 1.80. The molecule has 0 spiro atoms. The molecule has 0 atom stereocenters. The van der Waals surface area contributed by atoms with Crippen molar-refractivity contribution < 1.29 is 13.3 Å². The van der Waals surface area contributed by atoms with Gasteiger partial charge in [0.1, 0.15) is 4.66 Å². The highest BCUT2D eigenvalue weighted by atomic mass is 79.9. The van der Waals surface area contributed by atoms with Crippen LogP contribution >= 0.6 is 15.9 Å². The van der Waals surface area contributed by atoms with Gasteiger partial charge < -0.3 is 0 Å². The van der Waals surface area contributed by atoms with Gasteiger partial charge in [-0.2, -0.15) is 0 Å². The fourth-order valence-electron chi connectivity index (χ4n) is 1.30. The fraction of sp³-hybridized carbons (Fsp3) is 0.333. The van der Waals surface area contributed by atoms with E-state index >= 15 is 0 Å². The molecule has 0 bridgehead atoms. The highest BCUT2D eigenvalue weighted by Crippen LogP contribution is 2.24. The summed E-state index contributed by atoms with van der Waals surface area (Å²) in [4.78, 5) is 10.3. The number of nitro benzene ring substituents is 1. The summed E-state index contributed by atoms with van der Waals surface area (Å²) in [5.41, 5.74) is 0.674. The molecule has 0 saturated carbocycles. The summed E-state index contributed by atoms with van der Waals surface area (Å²) in [5, 5.41) is 10.8. The second-order valence-corrected chi connectivity index (χ2v) is 6.31. The van der Waals surface area contributed by atoms with Crippen LogP contribution in [0.25, 0.3) is 0 Å². The zero-order valence-electron chi connectivity index (χ0n) is 9.01. The van der Waals surface area contributed by atoms with Crippen molar-refractivity contribution in [2.45, 2.75) is 13.3 Å². The van der Waals surface area contributed by atoms with Crippen LogP contribution in [0.2, 0.25) is 0 Å². The number of nitrogens with one attached hydrogen (secondary N) is 1. The van der Waals surface area contributed by atoms with Crippen molar-refractivity contribution >= 4 is 37.3 Å². The predicted octanol–water partition coefficient (Wildman–Crippen LogP) is 2.25. The van der Waals surface area contributed by atoms with Crippen LogP contribution in [0.3, 0.4) is 0 Å². The Balaban J connectivity index is 3.13. The maximum absolute atomic E-state index is 11.3. The van der Waals surface area contributed by atoms with Crippen LogP contribution in [0.15, 0.2) is 18.2 Å². The molecular weight excluding hydrogens is 312 g/mol. The highest BCUT2D eigenvalue weighted by molar-refractivity contribution is 9.10. The van der Waals surface area contributed by atoms with Gasteiger partial charge in [0.15, 0.2) is 0 Å². The largest absolute Gasteiger partial charge is 0.283 e. The first-order chi connectivity index (χ1) is 7.89. The summed E-state index contributed by atoms with van der Waals surface area (Å²) >= 11 is 2.82. The van der Waals surface area contributed by atoms with Gasteiger partial charge in [0, 0.05) is 11.6 Å². The van der Waals surface area contributed by atoms with Crippen LogP contribution in [0.1, 0.15) is 12.5 Å². The van der Waals surface area contributed by atoms with Crippen molar-refractivity contribution in [3.8, 4) is 0 Å². The van der Waals surface area contributed by atoms with Crippen molar-refractivity contribution in [2.24, 2.45) is 0 Å². The van der Waals surface area contributed by atoms with Gasteiger partial charge in [-0.3, -0.25) is 14.8 Å². The molecule has 0 radical (unpaired) electrons. The van der Waals surface area contributed by atoms with E-state index < -0.39 is 14.9 Å². The molecule has 1 aromatic carbocycles.